The summed E-state index contributed by atoms with van der Waals surface area (Å²) in [6.07, 6.45) is 5.41. The molecule has 0 aromatic rings. The van der Waals surface area contributed by atoms with Crippen molar-refractivity contribution in [1.29, 1.82) is 0 Å². The van der Waals surface area contributed by atoms with Gasteiger partial charge in [0, 0.05) is 5.25 Å². The molecule has 1 fully saturated rings. The van der Waals surface area contributed by atoms with E-state index in [0.717, 1.165) is 5.25 Å². The molecule has 0 amide bonds. The van der Waals surface area contributed by atoms with Crippen molar-refractivity contribution >= 4 is 35.3 Å². The summed E-state index contributed by atoms with van der Waals surface area (Å²) >= 11 is 6.60. The highest BCUT2D eigenvalue weighted by molar-refractivity contribution is 8.34. The lowest BCUT2D eigenvalue weighted by atomic mass is 10.4. The van der Waals surface area contributed by atoms with Gasteiger partial charge >= 0.3 is 0 Å². The van der Waals surface area contributed by atoms with E-state index in [1.807, 2.05) is 0 Å². The van der Waals surface area contributed by atoms with Crippen LogP contribution in [0.4, 0.5) is 0 Å². The van der Waals surface area contributed by atoms with Crippen molar-refractivity contribution in [1.82, 2.24) is 0 Å². The lowest BCUT2D eigenvalue weighted by Crippen LogP contribution is -2.24. The van der Waals surface area contributed by atoms with Crippen molar-refractivity contribution in [3.8, 4) is 0 Å². The molecule has 2 atom stereocenters. The van der Waals surface area contributed by atoms with Crippen LogP contribution in [0.5, 0.6) is 0 Å². The molecule has 0 nitrogen and oxygen atoms in total. The largest absolute Gasteiger partial charge is 0.133 e. The van der Waals surface area contributed by atoms with Gasteiger partial charge in [0.25, 0.3) is 0 Å². The maximum atomic E-state index is 2.38. The summed E-state index contributed by atoms with van der Waals surface area (Å²) in [6, 6.07) is 0. The minimum atomic E-state index is 0.493. The van der Waals surface area contributed by atoms with E-state index >= 15 is 0 Å². The first-order chi connectivity index (χ1) is 6.72. The summed E-state index contributed by atoms with van der Waals surface area (Å²) in [5.74, 6) is 2.71. The lowest BCUT2D eigenvalue weighted by molar-refractivity contribution is 0.867. The molecule has 3 heteroatoms. The maximum absolute atomic E-state index is 2.38. The Hall–Kier alpha value is 1.05. The Kier molecular flexibility index (Phi) is 6.18. The predicted molar refractivity (Wildman–Crippen MR) is 74.5 cm³/mol. The first-order valence-corrected chi connectivity index (χ1v) is 8.53. The molecule has 84 valence electrons. The zero-order valence-electron chi connectivity index (χ0n) is 9.54. The van der Waals surface area contributed by atoms with Gasteiger partial charge in [0.15, 0.2) is 0 Å². The van der Waals surface area contributed by atoms with Crippen LogP contribution in [0.15, 0.2) is 0 Å². The zero-order chi connectivity index (χ0) is 10.4. The Morgan fingerprint density at radius 1 is 1.43 bits per heavy atom. The van der Waals surface area contributed by atoms with Gasteiger partial charge in [0.05, 0.1) is 0 Å². The third-order valence-corrected chi connectivity index (χ3v) is 8.15. The maximum Gasteiger partial charge on any atom is 0.106 e. The van der Waals surface area contributed by atoms with Crippen molar-refractivity contribution in [3.63, 3.8) is 0 Å². The Bertz CT molecular complexity index is 161. The normalized spacial score (nSPS) is 33.2. The molecule has 0 N–H and O–H groups in total. The molecular weight excluding hydrogens is 228 g/mol. The van der Waals surface area contributed by atoms with Crippen LogP contribution in [0.3, 0.4) is 0 Å². The van der Waals surface area contributed by atoms with Crippen molar-refractivity contribution < 1.29 is 0 Å². The third kappa shape index (κ3) is 3.90. The van der Waals surface area contributed by atoms with E-state index < -0.39 is 0 Å². The number of rotatable bonds is 5. The molecular formula is C11H22S3. The molecule has 0 aliphatic carbocycles. The van der Waals surface area contributed by atoms with Crippen LogP contribution < -0.4 is 0 Å². The predicted octanol–water partition coefficient (Wildman–Crippen LogP) is 4.84. The SMILES string of the molecule is CCCCSC1(CC)SCCC(C)S1. The van der Waals surface area contributed by atoms with Crippen molar-refractivity contribution in [2.24, 2.45) is 0 Å². The molecule has 0 saturated carbocycles. The smallest absolute Gasteiger partial charge is 0.106 e. The molecule has 0 radical (unpaired) electrons. The summed E-state index contributed by atoms with van der Waals surface area (Å²) in [4.78, 5) is 0. The van der Waals surface area contributed by atoms with Gasteiger partial charge in [0.2, 0.25) is 0 Å². The van der Waals surface area contributed by atoms with Crippen LogP contribution in [0, 0.1) is 0 Å². The topological polar surface area (TPSA) is 0 Å². The zero-order valence-corrected chi connectivity index (χ0v) is 12.0. The second-order valence-corrected chi connectivity index (χ2v) is 9.10. The fraction of sp³-hybridized carbons (Fsp3) is 1.00. The van der Waals surface area contributed by atoms with E-state index in [1.54, 1.807) is 0 Å². The fourth-order valence-corrected chi connectivity index (χ4v) is 7.48. The molecule has 1 rings (SSSR count). The summed E-state index contributed by atoms with van der Waals surface area (Å²) < 4.78 is 0.493. The van der Waals surface area contributed by atoms with Gasteiger partial charge in [-0.15, -0.1) is 35.3 Å². The number of hydrogen-bond donors (Lipinski definition) is 0. The molecule has 0 bridgehead atoms. The Balaban J connectivity index is 2.39. The molecule has 14 heavy (non-hydrogen) atoms. The van der Waals surface area contributed by atoms with Crippen LogP contribution in [-0.2, 0) is 0 Å². The van der Waals surface area contributed by atoms with E-state index in [1.165, 1.54) is 37.2 Å². The van der Waals surface area contributed by atoms with Crippen molar-refractivity contribution in [3.05, 3.63) is 0 Å². The van der Waals surface area contributed by atoms with Crippen LogP contribution in [-0.4, -0.2) is 20.2 Å². The Morgan fingerprint density at radius 3 is 2.79 bits per heavy atom. The van der Waals surface area contributed by atoms with E-state index in [2.05, 4.69) is 56.1 Å². The standard InChI is InChI=1S/C11H22S3/c1-4-6-8-12-11(5-2)13-9-7-10(3)14-11/h10H,4-9H2,1-3H3. The molecule has 0 aromatic heterocycles. The van der Waals surface area contributed by atoms with Gasteiger partial charge in [-0.3, -0.25) is 0 Å². The van der Waals surface area contributed by atoms with E-state index in [-0.39, 0.29) is 0 Å². The fourth-order valence-electron chi connectivity index (χ4n) is 1.52. The molecule has 1 heterocycles. The monoisotopic (exact) mass is 250 g/mol. The highest BCUT2D eigenvalue weighted by atomic mass is 32.3. The second kappa shape index (κ2) is 6.59. The summed E-state index contributed by atoms with van der Waals surface area (Å²) in [5.41, 5.74) is 0. The quantitative estimate of drug-likeness (QED) is 0.641. The van der Waals surface area contributed by atoms with E-state index in [0.29, 0.717) is 3.41 Å². The second-order valence-electron chi connectivity index (χ2n) is 3.80. The first kappa shape index (κ1) is 13.1. The summed E-state index contributed by atoms with van der Waals surface area (Å²) in [7, 11) is 0. The van der Waals surface area contributed by atoms with E-state index in [9.17, 15) is 0 Å². The molecule has 1 saturated heterocycles. The Morgan fingerprint density at radius 2 is 2.21 bits per heavy atom. The number of hydrogen-bond acceptors (Lipinski definition) is 3. The molecule has 2 unspecified atom stereocenters. The van der Waals surface area contributed by atoms with Gasteiger partial charge < -0.3 is 0 Å². The molecule has 1 aliphatic rings. The van der Waals surface area contributed by atoms with Crippen LogP contribution in [0.1, 0.15) is 46.5 Å². The highest BCUT2D eigenvalue weighted by Crippen LogP contribution is 2.55. The van der Waals surface area contributed by atoms with Gasteiger partial charge in [0.1, 0.15) is 3.41 Å². The van der Waals surface area contributed by atoms with Crippen molar-refractivity contribution in [2.45, 2.75) is 55.1 Å². The highest BCUT2D eigenvalue weighted by Gasteiger charge is 2.34. The van der Waals surface area contributed by atoms with Gasteiger partial charge in [-0.2, -0.15) is 0 Å². The Labute approximate surface area is 102 Å². The van der Waals surface area contributed by atoms with Crippen LogP contribution in [0.25, 0.3) is 0 Å². The van der Waals surface area contributed by atoms with Gasteiger partial charge in [-0.25, -0.2) is 0 Å². The van der Waals surface area contributed by atoms with Gasteiger partial charge in [-0.05, 0) is 30.8 Å². The molecule has 0 spiro atoms. The van der Waals surface area contributed by atoms with Crippen molar-refractivity contribution in [2.75, 3.05) is 11.5 Å². The average Bonchev–Trinajstić information content (AvgIpc) is 2.18. The van der Waals surface area contributed by atoms with Gasteiger partial charge in [-0.1, -0.05) is 27.2 Å². The number of thioether (sulfide) groups is 3. The molecule has 1 aliphatic heterocycles. The first-order valence-electron chi connectivity index (χ1n) is 5.68. The third-order valence-electron chi connectivity index (χ3n) is 2.48. The minimum Gasteiger partial charge on any atom is -0.133 e. The van der Waals surface area contributed by atoms with Crippen LogP contribution >= 0.6 is 35.3 Å². The lowest BCUT2D eigenvalue weighted by Gasteiger charge is -2.37. The molecule has 0 aromatic carbocycles. The minimum absolute atomic E-state index is 0.493. The average molecular weight is 250 g/mol. The number of unbranched alkanes of at least 4 members (excludes halogenated alkanes) is 1. The van der Waals surface area contributed by atoms with E-state index in [4.69, 9.17) is 0 Å². The summed E-state index contributed by atoms with van der Waals surface area (Å²) in [5, 5.41) is 0.866. The van der Waals surface area contributed by atoms with Crippen LogP contribution in [0.2, 0.25) is 0 Å². The summed E-state index contributed by atoms with van der Waals surface area (Å²) in [6.45, 7) is 7.01.